The molecule has 1 saturated heterocycles. The Morgan fingerprint density at radius 1 is 1.52 bits per heavy atom. The van der Waals surface area contributed by atoms with Crippen LogP contribution in [0.1, 0.15) is 26.2 Å². The zero-order valence-corrected chi connectivity index (χ0v) is 15.1. The number of urea groups is 1. The maximum Gasteiger partial charge on any atom is 0.321 e. The van der Waals surface area contributed by atoms with E-state index in [2.05, 4.69) is 17.2 Å². The van der Waals surface area contributed by atoms with E-state index in [1.807, 2.05) is 27.8 Å². The molecule has 2 aromatic rings. The number of nitrogens with one attached hydrogen (secondary N) is 1. The van der Waals surface area contributed by atoms with E-state index in [0.717, 1.165) is 31.6 Å². The van der Waals surface area contributed by atoms with E-state index in [1.54, 1.807) is 18.6 Å². The van der Waals surface area contributed by atoms with E-state index in [9.17, 15) is 4.79 Å². The van der Waals surface area contributed by atoms with Gasteiger partial charge in [-0.25, -0.2) is 9.78 Å². The molecule has 0 saturated carbocycles. The molecular weight excluding hydrogens is 340 g/mol. The number of rotatable bonds is 6. The van der Waals surface area contributed by atoms with Crippen molar-refractivity contribution in [2.75, 3.05) is 25.0 Å². The summed E-state index contributed by atoms with van der Waals surface area (Å²) in [7, 11) is 0. The molecule has 25 heavy (non-hydrogen) atoms. The molecule has 1 unspecified atom stereocenters. The number of amides is 2. The molecule has 1 aromatic carbocycles. The van der Waals surface area contributed by atoms with Crippen molar-refractivity contribution >= 4 is 23.3 Å². The lowest BCUT2D eigenvalue weighted by Gasteiger charge is -2.25. The van der Waals surface area contributed by atoms with E-state index < -0.39 is 0 Å². The quantitative estimate of drug-likeness (QED) is 0.846. The van der Waals surface area contributed by atoms with Gasteiger partial charge in [0.15, 0.2) is 0 Å². The molecule has 0 spiro atoms. The first-order valence-electron chi connectivity index (χ1n) is 8.62. The number of imidazole rings is 1. The van der Waals surface area contributed by atoms with Gasteiger partial charge in [0.25, 0.3) is 0 Å². The Morgan fingerprint density at radius 3 is 3.04 bits per heavy atom. The molecule has 6 nitrogen and oxygen atoms in total. The summed E-state index contributed by atoms with van der Waals surface area (Å²) < 4.78 is 7.48. The number of ether oxygens (including phenoxy) is 1. The maximum absolute atomic E-state index is 12.6. The normalized spacial score (nSPS) is 16.8. The van der Waals surface area contributed by atoms with Gasteiger partial charge in [0.1, 0.15) is 0 Å². The van der Waals surface area contributed by atoms with Gasteiger partial charge in [-0.3, -0.25) is 0 Å². The molecule has 1 fully saturated rings. The lowest BCUT2D eigenvalue weighted by molar-refractivity contribution is 0.0836. The van der Waals surface area contributed by atoms with Crippen LogP contribution in [0.3, 0.4) is 0 Å². The third kappa shape index (κ3) is 4.52. The van der Waals surface area contributed by atoms with Crippen molar-refractivity contribution in [2.45, 2.75) is 32.3 Å². The van der Waals surface area contributed by atoms with E-state index >= 15 is 0 Å². The summed E-state index contributed by atoms with van der Waals surface area (Å²) in [6, 6.07) is 5.34. The van der Waals surface area contributed by atoms with Crippen LogP contribution in [-0.4, -0.2) is 46.3 Å². The number of carbonyl (C=O) groups excluding carboxylic acids is 1. The van der Waals surface area contributed by atoms with Crippen molar-refractivity contribution in [2.24, 2.45) is 0 Å². The van der Waals surface area contributed by atoms with E-state index in [-0.39, 0.29) is 12.1 Å². The summed E-state index contributed by atoms with van der Waals surface area (Å²) in [6.07, 6.45) is 8.33. The number of benzene rings is 1. The van der Waals surface area contributed by atoms with Gasteiger partial charge in [-0.05, 0) is 37.5 Å². The van der Waals surface area contributed by atoms with Crippen LogP contribution in [0, 0.1) is 0 Å². The smallest absolute Gasteiger partial charge is 0.321 e. The predicted octanol–water partition coefficient (Wildman–Crippen LogP) is 3.95. The van der Waals surface area contributed by atoms with E-state index in [0.29, 0.717) is 23.8 Å². The van der Waals surface area contributed by atoms with Crippen molar-refractivity contribution in [3.8, 4) is 5.69 Å². The molecular formula is C18H23ClN4O2. The van der Waals surface area contributed by atoms with Crippen LogP contribution in [0.2, 0.25) is 5.02 Å². The number of hydrogen-bond donors (Lipinski definition) is 1. The monoisotopic (exact) mass is 362 g/mol. The molecule has 1 N–H and O–H groups in total. The molecule has 0 radical (unpaired) electrons. The first-order valence-corrected chi connectivity index (χ1v) is 9.00. The molecule has 134 valence electrons. The van der Waals surface area contributed by atoms with Gasteiger partial charge in [-0.1, -0.05) is 18.5 Å². The summed E-state index contributed by atoms with van der Waals surface area (Å²) in [5.41, 5.74) is 1.49. The van der Waals surface area contributed by atoms with E-state index in [1.165, 1.54) is 0 Å². The highest BCUT2D eigenvalue weighted by Gasteiger charge is 2.22. The minimum atomic E-state index is -0.121. The number of aromatic nitrogens is 2. The van der Waals surface area contributed by atoms with Gasteiger partial charge in [-0.2, -0.15) is 0 Å². The highest BCUT2D eigenvalue weighted by atomic mass is 35.5. The fraction of sp³-hybridized carbons (Fsp3) is 0.444. The van der Waals surface area contributed by atoms with Crippen LogP contribution in [0.5, 0.6) is 0 Å². The summed E-state index contributed by atoms with van der Waals surface area (Å²) in [5, 5.41) is 3.49. The zero-order chi connectivity index (χ0) is 17.6. The average Bonchev–Trinajstić information content (AvgIpc) is 3.28. The summed E-state index contributed by atoms with van der Waals surface area (Å²) in [5.74, 6) is 0. The Kier molecular flexibility index (Phi) is 5.94. The second-order valence-electron chi connectivity index (χ2n) is 6.15. The number of hydrogen-bond acceptors (Lipinski definition) is 3. The lowest BCUT2D eigenvalue weighted by atomic mass is 10.2. The van der Waals surface area contributed by atoms with Crippen molar-refractivity contribution in [1.82, 2.24) is 14.5 Å². The maximum atomic E-state index is 12.6. The molecule has 0 aliphatic carbocycles. The molecule has 1 aliphatic heterocycles. The summed E-state index contributed by atoms with van der Waals surface area (Å²) in [6.45, 7) is 4.18. The van der Waals surface area contributed by atoms with Gasteiger partial charge in [0.2, 0.25) is 0 Å². The zero-order valence-electron chi connectivity index (χ0n) is 14.3. The summed E-state index contributed by atoms with van der Waals surface area (Å²) in [4.78, 5) is 18.4. The number of halogens is 1. The van der Waals surface area contributed by atoms with Gasteiger partial charge in [0.05, 0.1) is 23.1 Å². The Morgan fingerprint density at radius 2 is 2.40 bits per heavy atom. The summed E-state index contributed by atoms with van der Waals surface area (Å²) >= 11 is 6.35. The molecule has 3 rings (SSSR count). The second kappa shape index (κ2) is 8.36. The van der Waals surface area contributed by atoms with Crippen molar-refractivity contribution < 1.29 is 9.53 Å². The number of anilines is 1. The van der Waals surface area contributed by atoms with Crippen LogP contribution in [0.25, 0.3) is 5.69 Å². The fourth-order valence-electron chi connectivity index (χ4n) is 2.98. The second-order valence-corrected chi connectivity index (χ2v) is 6.55. The van der Waals surface area contributed by atoms with Crippen molar-refractivity contribution in [3.63, 3.8) is 0 Å². The Bertz CT molecular complexity index is 699. The molecule has 1 atom stereocenters. The van der Waals surface area contributed by atoms with E-state index in [4.69, 9.17) is 16.3 Å². The van der Waals surface area contributed by atoms with Gasteiger partial charge in [0, 0.05) is 37.8 Å². The fourth-order valence-corrected chi connectivity index (χ4v) is 3.26. The highest BCUT2D eigenvalue weighted by molar-refractivity contribution is 6.32. The average molecular weight is 363 g/mol. The van der Waals surface area contributed by atoms with Gasteiger partial charge >= 0.3 is 6.03 Å². The minimum Gasteiger partial charge on any atom is -0.376 e. The third-order valence-electron chi connectivity index (χ3n) is 4.21. The van der Waals surface area contributed by atoms with Gasteiger partial charge in [-0.15, -0.1) is 0 Å². The SMILES string of the molecule is CCCN(CC1CCCO1)C(=O)Nc1ccc(-n2ccnc2)c(Cl)c1. The van der Waals surface area contributed by atoms with Crippen molar-refractivity contribution in [1.29, 1.82) is 0 Å². The van der Waals surface area contributed by atoms with Gasteiger partial charge < -0.3 is 19.5 Å². The number of carbonyl (C=O) groups is 1. The first-order chi connectivity index (χ1) is 12.2. The Labute approximate surface area is 152 Å². The Balaban J connectivity index is 1.67. The van der Waals surface area contributed by atoms with Crippen LogP contribution in [0.15, 0.2) is 36.9 Å². The van der Waals surface area contributed by atoms with Crippen LogP contribution in [-0.2, 0) is 4.74 Å². The molecule has 1 aliphatic rings. The van der Waals surface area contributed by atoms with Crippen LogP contribution in [0.4, 0.5) is 10.5 Å². The standard InChI is InChI=1S/C18H23ClN4O2/c1-2-8-22(12-15-4-3-10-25-15)18(24)21-14-5-6-17(16(19)11-14)23-9-7-20-13-23/h5-7,9,11,13,15H,2-4,8,10,12H2,1H3,(H,21,24). The third-order valence-corrected chi connectivity index (χ3v) is 4.51. The van der Waals surface area contributed by atoms with Crippen LogP contribution >= 0.6 is 11.6 Å². The number of nitrogens with zero attached hydrogens (tertiary/aromatic N) is 3. The molecule has 2 heterocycles. The molecule has 7 heteroatoms. The minimum absolute atomic E-state index is 0.121. The topological polar surface area (TPSA) is 59.4 Å². The lowest BCUT2D eigenvalue weighted by Crippen LogP contribution is -2.40. The largest absolute Gasteiger partial charge is 0.376 e. The van der Waals surface area contributed by atoms with Crippen LogP contribution < -0.4 is 5.32 Å². The predicted molar refractivity (Wildman–Crippen MR) is 98.4 cm³/mol. The molecule has 1 aromatic heterocycles. The first kappa shape index (κ1) is 17.8. The highest BCUT2D eigenvalue weighted by Crippen LogP contribution is 2.24. The Hall–Kier alpha value is -2.05. The van der Waals surface area contributed by atoms with Crippen molar-refractivity contribution in [3.05, 3.63) is 41.9 Å². The molecule has 0 bridgehead atoms. The molecule has 2 amide bonds.